The number of nitrogens with one attached hydrogen (secondary N) is 1. The monoisotopic (exact) mass is 433 g/mol. The summed E-state index contributed by atoms with van der Waals surface area (Å²) < 4.78 is 12.3. The zero-order valence-electron chi connectivity index (χ0n) is 18.3. The number of benzene rings is 2. The number of carbonyl (C=O) groups is 1. The molecule has 0 aliphatic carbocycles. The molecule has 1 heterocycles. The van der Waals surface area contributed by atoms with Crippen LogP contribution in [-0.2, 0) is 6.54 Å². The number of unbranched alkanes of at least 4 members (excludes halogenated alkanes) is 1. The Morgan fingerprint density at radius 2 is 1.78 bits per heavy atom. The van der Waals surface area contributed by atoms with Crippen molar-refractivity contribution in [1.82, 2.24) is 9.99 Å². The van der Waals surface area contributed by atoms with Gasteiger partial charge in [-0.25, -0.2) is 5.43 Å². The summed E-state index contributed by atoms with van der Waals surface area (Å²) in [5.41, 5.74) is 3.79. The number of ether oxygens (including phenoxy) is 2. The third kappa shape index (κ3) is 6.31. The van der Waals surface area contributed by atoms with Gasteiger partial charge in [0.05, 0.1) is 26.5 Å². The first kappa shape index (κ1) is 22.8. The molecule has 1 amide bonds. The van der Waals surface area contributed by atoms with Gasteiger partial charge in [0, 0.05) is 6.20 Å². The number of pyridine rings is 1. The van der Waals surface area contributed by atoms with Gasteiger partial charge in [-0.05, 0) is 66.1 Å². The van der Waals surface area contributed by atoms with Gasteiger partial charge in [-0.1, -0.05) is 25.5 Å². The largest absolute Gasteiger partial charge is 0.497 e. The van der Waals surface area contributed by atoms with E-state index >= 15 is 0 Å². The van der Waals surface area contributed by atoms with Crippen molar-refractivity contribution in [3.8, 4) is 11.5 Å². The molecule has 0 aliphatic rings. The molecule has 1 aromatic heterocycles. The minimum atomic E-state index is -0.560. The van der Waals surface area contributed by atoms with Crippen LogP contribution in [-0.4, -0.2) is 30.4 Å². The van der Waals surface area contributed by atoms with Gasteiger partial charge in [0.25, 0.3) is 11.5 Å². The van der Waals surface area contributed by atoms with Crippen molar-refractivity contribution in [1.29, 1.82) is 0 Å². The molecule has 1 N–H and O–H groups in total. The molecule has 32 heavy (non-hydrogen) atoms. The Hall–Kier alpha value is -3.87. The number of nitrogens with zero attached hydrogens (tertiary/aromatic N) is 2. The van der Waals surface area contributed by atoms with E-state index in [9.17, 15) is 9.59 Å². The quantitative estimate of drug-likeness (QED) is 0.299. The lowest BCUT2D eigenvalue weighted by Gasteiger charge is -2.08. The van der Waals surface area contributed by atoms with E-state index in [1.807, 2.05) is 48.5 Å². The third-order valence-electron chi connectivity index (χ3n) is 4.80. The summed E-state index contributed by atoms with van der Waals surface area (Å²) in [4.78, 5) is 25.2. The first-order valence-electron chi connectivity index (χ1n) is 10.5. The summed E-state index contributed by atoms with van der Waals surface area (Å²) in [6.45, 7) is 3.15. The minimum Gasteiger partial charge on any atom is -0.497 e. The van der Waals surface area contributed by atoms with Crippen LogP contribution in [0.25, 0.3) is 0 Å². The molecule has 0 radical (unpaired) electrons. The molecule has 0 spiro atoms. The van der Waals surface area contributed by atoms with Crippen molar-refractivity contribution in [2.24, 2.45) is 5.10 Å². The van der Waals surface area contributed by atoms with Crippen LogP contribution in [0.5, 0.6) is 11.5 Å². The van der Waals surface area contributed by atoms with E-state index < -0.39 is 5.91 Å². The van der Waals surface area contributed by atoms with Crippen molar-refractivity contribution in [2.75, 3.05) is 13.7 Å². The zero-order chi connectivity index (χ0) is 22.8. The zero-order valence-corrected chi connectivity index (χ0v) is 18.3. The van der Waals surface area contributed by atoms with E-state index in [2.05, 4.69) is 17.5 Å². The molecule has 3 rings (SSSR count). The van der Waals surface area contributed by atoms with Gasteiger partial charge in [-0.15, -0.1) is 0 Å². The van der Waals surface area contributed by atoms with E-state index in [4.69, 9.17) is 9.47 Å². The summed E-state index contributed by atoms with van der Waals surface area (Å²) in [5, 5.41) is 3.97. The van der Waals surface area contributed by atoms with Crippen molar-refractivity contribution < 1.29 is 14.3 Å². The maximum Gasteiger partial charge on any atom is 0.276 e. The molecule has 0 fully saturated rings. The lowest BCUT2D eigenvalue weighted by Crippen LogP contribution is -2.30. The van der Waals surface area contributed by atoms with Gasteiger partial charge in [0.1, 0.15) is 17.1 Å². The average molecular weight is 434 g/mol. The topological polar surface area (TPSA) is 81.9 Å². The number of hydrogen-bond acceptors (Lipinski definition) is 5. The highest BCUT2D eigenvalue weighted by Crippen LogP contribution is 2.12. The summed E-state index contributed by atoms with van der Waals surface area (Å²) in [6, 6.07) is 18.0. The molecule has 0 atom stereocenters. The van der Waals surface area contributed by atoms with Crippen molar-refractivity contribution in [3.63, 3.8) is 0 Å². The summed E-state index contributed by atoms with van der Waals surface area (Å²) in [7, 11) is 1.60. The molecule has 166 valence electrons. The molecule has 3 aromatic rings. The molecule has 0 saturated carbocycles. The number of carbonyl (C=O) groups excluding carboxylic acids is 1. The first-order chi connectivity index (χ1) is 15.6. The molecule has 0 saturated heterocycles. The fourth-order valence-corrected chi connectivity index (χ4v) is 2.97. The van der Waals surface area contributed by atoms with Gasteiger partial charge < -0.3 is 14.0 Å². The first-order valence-corrected chi connectivity index (χ1v) is 10.5. The fourth-order valence-electron chi connectivity index (χ4n) is 2.97. The molecule has 7 nitrogen and oxygen atoms in total. The van der Waals surface area contributed by atoms with E-state index in [-0.39, 0.29) is 11.1 Å². The number of hydrazone groups is 1. The van der Waals surface area contributed by atoms with Gasteiger partial charge in [-0.3, -0.25) is 9.59 Å². The van der Waals surface area contributed by atoms with Gasteiger partial charge in [0.15, 0.2) is 0 Å². The Morgan fingerprint density at radius 3 is 2.47 bits per heavy atom. The molecule has 0 bridgehead atoms. The normalized spacial score (nSPS) is 10.8. The molecule has 0 aliphatic heterocycles. The van der Waals surface area contributed by atoms with E-state index in [1.165, 1.54) is 16.8 Å². The molecular formula is C25H27N3O4. The fraction of sp³-hybridized carbons (Fsp3) is 0.240. The summed E-state index contributed by atoms with van der Waals surface area (Å²) in [6.07, 6.45) is 5.26. The second-order valence-electron chi connectivity index (χ2n) is 7.17. The van der Waals surface area contributed by atoms with Crippen LogP contribution in [0.3, 0.4) is 0 Å². The Balaban J connectivity index is 1.61. The number of methoxy groups -OCH3 is 1. The van der Waals surface area contributed by atoms with E-state index in [0.29, 0.717) is 13.2 Å². The van der Waals surface area contributed by atoms with E-state index in [1.54, 1.807) is 19.4 Å². The Morgan fingerprint density at radius 1 is 1.06 bits per heavy atom. The smallest absolute Gasteiger partial charge is 0.276 e. The van der Waals surface area contributed by atoms with Crippen molar-refractivity contribution in [2.45, 2.75) is 26.3 Å². The van der Waals surface area contributed by atoms with Gasteiger partial charge in [-0.2, -0.15) is 5.10 Å². The third-order valence-corrected chi connectivity index (χ3v) is 4.80. The van der Waals surface area contributed by atoms with Gasteiger partial charge in [0.2, 0.25) is 0 Å². The second-order valence-corrected chi connectivity index (χ2v) is 7.17. The average Bonchev–Trinajstić information content (AvgIpc) is 2.82. The SMILES string of the molecule is CCCCOc1ccc(/C=N\NC(=O)c2cccn(Cc3ccc(OC)cc3)c2=O)cc1. The maximum atomic E-state index is 12.7. The highest BCUT2D eigenvalue weighted by molar-refractivity contribution is 5.94. The highest BCUT2D eigenvalue weighted by Gasteiger charge is 2.11. The molecular weight excluding hydrogens is 406 g/mol. The van der Waals surface area contributed by atoms with Crippen molar-refractivity contribution >= 4 is 12.1 Å². The van der Waals surface area contributed by atoms with Crippen LogP contribution < -0.4 is 20.5 Å². The Kier molecular flexibility index (Phi) is 8.20. The number of hydrogen-bond donors (Lipinski definition) is 1. The summed E-state index contributed by atoms with van der Waals surface area (Å²) in [5.74, 6) is 0.974. The van der Waals surface area contributed by atoms with Crippen LogP contribution in [0.15, 0.2) is 76.8 Å². The molecule has 0 unspecified atom stereocenters. The van der Waals surface area contributed by atoms with Crippen LogP contribution >= 0.6 is 0 Å². The van der Waals surface area contributed by atoms with Crippen LogP contribution in [0, 0.1) is 0 Å². The minimum absolute atomic E-state index is 0.0258. The van der Waals surface area contributed by atoms with Crippen molar-refractivity contribution in [3.05, 3.63) is 93.9 Å². The van der Waals surface area contributed by atoms with Gasteiger partial charge >= 0.3 is 0 Å². The second kappa shape index (κ2) is 11.5. The lowest BCUT2D eigenvalue weighted by atomic mass is 10.2. The number of aromatic nitrogens is 1. The highest BCUT2D eigenvalue weighted by atomic mass is 16.5. The maximum absolute atomic E-state index is 12.7. The predicted molar refractivity (Wildman–Crippen MR) is 125 cm³/mol. The summed E-state index contributed by atoms with van der Waals surface area (Å²) >= 11 is 0. The number of amides is 1. The van der Waals surface area contributed by atoms with Crippen LogP contribution in [0.1, 0.15) is 41.3 Å². The van der Waals surface area contributed by atoms with Crippen LogP contribution in [0.4, 0.5) is 0 Å². The molecule has 7 heteroatoms. The number of rotatable bonds is 10. The van der Waals surface area contributed by atoms with Crippen LogP contribution in [0.2, 0.25) is 0 Å². The van der Waals surface area contributed by atoms with E-state index in [0.717, 1.165) is 35.5 Å². The standard InChI is InChI=1S/C25H27N3O4/c1-3-4-16-32-22-13-7-19(8-14-22)17-26-27-24(29)23-6-5-15-28(25(23)30)18-20-9-11-21(31-2)12-10-20/h5-15,17H,3-4,16,18H2,1-2H3,(H,27,29)/b26-17-. The predicted octanol–water partition coefficient (Wildman–Crippen LogP) is 3.85. The Labute approximate surface area is 187 Å². The Bertz CT molecular complexity index is 1100. The molecule has 2 aromatic carbocycles. The lowest BCUT2D eigenvalue weighted by molar-refractivity contribution is 0.0953.